The van der Waals surface area contributed by atoms with Crippen molar-refractivity contribution in [2.24, 2.45) is 11.7 Å². The third-order valence-corrected chi connectivity index (χ3v) is 3.60. The molecule has 0 spiro atoms. The Morgan fingerprint density at radius 1 is 1.47 bits per heavy atom. The molecule has 17 heavy (non-hydrogen) atoms. The number of aromatic nitrogens is 1. The number of H-pyrrole nitrogens is 1. The molecule has 3 heteroatoms. The van der Waals surface area contributed by atoms with Crippen molar-refractivity contribution in [1.82, 2.24) is 4.98 Å². The van der Waals surface area contributed by atoms with Gasteiger partial charge in [-0.25, -0.2) is 0 Å². The number of hydrogen-bond donors (Lipinski definition) is 2. The largest absolute Gasteiger partial charge is 0.497 e. The molecule has 0 unspecified atom stereocenters. The molecule has 1 aliphatic carbocycles. The van der Waals surface area contributed by atoms with Crippen LogP contribution in [0.4, 0.5) is 0 Å². The summed E-state index contributed by atoms with van der Waals surface area (Å²) >= 11 is 0. The molecule has 1 saturated carbocycles. The van der Waals surface area contributed by atoms with Gasteiger partial charge in [0.05, 0.1) is 7.11 Å². The van der Waals surface area contributed by atoms with Crippen molar-refractivity contribution in [1.29, 1.82) is 0 Å². The zero-order chi connectivity index (χ0) is 11.8. The Kier molecular flexibility index (Phi) is 2.56. The first-order chi connectivity index (χ1) is 8.28. The Morgan fingerprint density at radius 2 is 2.29 bits per heavy atom. The number of rotatable bonds is 4. The predicted octanol–water partition coefficient (Wildman–Crippen LogP) is 2.98. The van der Waals surface area contributed by atoms with Gasteiger partial charge in [0.25, 0.3) is 0 Å². The molecule has 1 atom stereocenters. The molecule has 0 radical (unpaired) electrons. The number of ether oxygens (including phenoxy) is 1. The molecule has 0 bridgehead atoms. The van der Waals surface area contributed by atoms with Crippen molar-refractivity contribution < 1.29 is 4.74 Å². The zero-order valence-corrected chi connectivity index (χ0v) is 10.1. The highest BCUT2D eigenvalue weighted by atomic mass is 16.5. The van der Waals surface area contributed by atoms with Crippen molar-refractivity contribution in [2.75, 3.05) is 7.11 Å². The topological polar surface area (TPSA) is 51.0 Å². The van der Waals surface area contributed by atoms with Gasteiger partial charge >= 0.3 is 0 Å². The third kappa shape index (κ3) is 2.03. The van der Waals surface area contributed by atoms with Crippen molar-refractivity contribution in [2.45, 2.75) is 25.3 Å². The van der Waals surface area contributed by atoms with Crippen molar-refractivity contribution in [3.63, 3.8) is 0 Å². The fourth-order valence-electron chi connectivity index (χ4n) is 2.39. The average molecular weight is 230 g/mol. The molecule has 90 valence electrons. The molecule has 1 heterocycles. The van der Waals surface area contributed by atoms with Crippen LogP contribution in [0.3, 0.4) is 0 Å². The Bertz CT molecular complexity index is 528. The maximum absolute atomic E-state index is 6.28. The van der Waals surface area contributed by atoms with Crippen LogP contribution in [-0.2, 0) is 0 Å². The molecule has 1 aromatic carbocycles. The fraction of sp³-hybridized carbons (Fsp3) is 0.429. The van der Waals surface area contributed by atoms with E-state index < -0.39 is 0 Å². The van der Waals surface area contributed by atoms with E-state index in [4.69, 9.17) is 10.5 Å². The van der Waals surface area contributed by atoms with Crippen molar-refractivity contribution >= 4 is 10.9 Å². The fourth-order valence-corrected chi connectivity index (χ4v) is 2.39. The second-order valence-corrected chi connectivity index (χ2v) is 4.94. The summed E-state index contributed by atoms with van der Waals surface area (Å²) in [5.74, 6) is 1.73. The highest BCUT2D eigenvalue weighted by molar-refractivity contribution is 5.85. The summed E-state index contributed by atoms with van der Waals surface area (Å²) in [6.07, 6.45) is 5.83. The van der Waals surface area contributed by atoms with E-state index >= 15 is 0 Å². The number of nitrogens with two attached hydrogens (primary N) is 1. The SMILES string of the molecule is COc1ccc2[nH]cc([C@@H](N)CC3CC3)c2c1. The lowest BCUT2D eigenvalue weighted by atomic mass is 10.0. The molecule has 0 aliphatic heterocycles. The molecule has 2 aromatic rings. The van der Waals surface area contributed by atoms with Gasteiger partial charge in [0.15, 0.2) is 0 Å². The second-order valence-electron chi connectivity index (χ2n) is 4.94. The number of benzene rings is 1. The van der Waals surface area contributed by atoms with Gasteiger partial charge in [0.1, 0.15) is 5.75 Å². The van der Waals surface area contributed by atoms with Crippen molar-refractivity contribution in [3.8, 4) is 5.75 Å². The van der Waals surface area contributed by atoms with E-state index in [2.05, 4.69) is 11.1 Å². The van der Waals surface area contributed by atoms with E-state index in [1.54, 1.807) is 7.11 Å². The molecule has 3 rings (SSSR count). The van der Waals surface area contributed by atoms with Crippen LogP contribution in [0.15, 0.2) is 24.4 Å². The number of fused-ring (bicyclic) bond motifs is 1. The summed E-state index contributed by atoms with van der Waals surface area (Å²) in [6.45, 7) is 0. The molecule has 3 N–H and O–H groups in total. The summed E-state index contributed by atoms with van der Waals surface area (Å²) in [7, 11) is 1.69. The van der Waals surface area contributed by atoms with Gasteiger partial charge in [-0.2, -0.15) is 0 Å². The van der Waals surface area contributed by atoms with Crippen LogP contribution in [-0.4, -0.2) is 12.1 Å². The van der Waals surface area contributed by atoms with E-state index in [0.717, 1.165) is 23.6 Å². The zero-order valence-electron chi connectivity index (χ0n) is 10.1. The normalized spacial score (nSPS) is 17.3. The Labute approximate surface area is 101 Å². The number of aromatic amines is 1. The average Bonchev–Trinajstić information content (AvgIpc) is 3.05. The van der Waals surface area contributed by atoms with Crippen LogP contribution in [0, 0.1) is 5.92 Å². The minimum Gasteiger partial charge on any atom is -0.497 e. The second kappa shape index (κ2) is 4.08. The standard InChI is InChI=1S/C14H18N2O/c1-17-10-4-5-14-11(7-10)12(8-16-14)13(15)6-9-2-3-9/h4-5,7-9,13,16H,2-3,6,15H2,1H3/t13-/m0/s1. The van der Waals surface area contributed by atoms with E-state index in [1.165, 1.54) is 23.8 Å². The molecular formula is C14H18N2O. The molecule has 1 fully saturated rings. The first-order valence-corrected chi connectivity index (χ1v) is 6.18. The minimum absolute atomic E-state index is 0.142. The van der Waals surface area contributed by atoms with Crippen LogP contribution < -0.4 is 10.5 Å². The quantitative estimate of drug-likeness (QED) is 0.848. The number of hydrogen-bond acceptors (Lipinski definition) is 2. The summed E-state index contributed by atoms with van der Waals surface area (Å²) in [5.41, 5.74) is 8.62. The number of nitrogens with one attached hydrogen (secondary N) is 1. The Morgan fingerprint density at radius 3 is 3.00 bits per heavy atom. The summed E-state index contributed by atoms with van der Waals surface area (Å²) in [5, 5.41) is 1.19. The first kappa shape index (κ1) is 10.7. The number of methoxy groups -OCH3 is 1. The maximum Gasteiger partial charge on any atom is 0.119 e. The van der Waals surface area contributed by atoms with E-state index in [1.807, 2.05) is 18.3 Å². The van der Waals surface area contributed by atoms with Gasteiger partial charge in [-0.15, -0.1) is 0 Å². The van der Waals surface area contributed by atoms with E-state index in [9.17, 15) is 0 Å². The summed E-state index contributed by atoms with van der Waals surface area (Å²) in [4.78, 5) is 3.28. The first-order valence-electron chi connectivity index (χ1n) is 6.18. The van der Waals surface area contributed by atoms with Gasteiger partial charge in [-0.1, -0.05) is 12.8 Å². The highest BCUT2D eigenvalue weighted by Crippen LogP contribution is 2.38. The van der Waals surface area contributed by atoms with Gasteiger partial charge in [-0.3, -0.25) is 0 Å². The molecule has 1 aliphatic rings. The van der Waals surface area contributed by atoms with Crippen LogP contribution in [0.25, 0.3) is 10.9 Å². The van der Waals surface area contributed by atoms with Crippen LogP contribution in [0.2, 0.25) is 0 Å². The van der Waals surface area contributed by atoms with Crippen LogP contribution in [0.5, 0.6) is 5.75 Å². The summed E-state index contributed by atoms with van der Waals surface area (Å²) in [6, 6.07) is 6.22. The smallest absolute Gasteiger partial charge is 0.119 e. The van der Waals surface area contributed by atoms with Crippen LogP contribution >= 0.6 is 0 Å². The van der Waals surface area contributed by atoms with Crippen LogP contribution in [0.1, 0.15) is 30.9 Å². The van der Waals surface area contributed by atoms with Crippen molar-refractivity contribution in [3.05, 3.63) is 30.0 Å². The molecule has 0 amide bonds. The van der Waals surface area contributed by atoms with E-state index in [0.29, 0.717) is 0 Å². The molecule has 0 saturated heterocycles. The lowest BCUT2D eigenvalue weighted by molar-refractivity contribution is 0.415. The van der Waals surface area contributed by atoms with Gasteiger partial charge in [-0.05, 0) is 36.1 Å². The lowest BCUT2D eigenvalue weighted by Crippen LogP contribution is -2.10. The van der Waals surface area contributed by atoms with Gasteiger partial charge in [0.2, 0.25) is 0 Å². The lowest BCUT2D eigenvalue weighted by Gasteiger charge is -2.10. The molecular weight excluding hydrogens is 212 g/mol. The molecule has 1 aromatic heterocycles. The highest BCUT2D eigenvalue weighted by Gasteiger charge is 2.25. The predicted molar refractivity (Wildman–Crippen MR) is 69.1 cm³/mol. The monoisotopic (exact) mass is 230 g/mol. The maximum atomic E-state index is 6.28. The Hall–Kier alpha value is -1.48. The summed E-state index contributed by atoms with van der Waals surface area (Å²) < 4.78 is 5.27. The minimum atomic E-state index is 0.142. The van der Waals surface area contributed by atoms with E-state index in [-0.39, 0.29) is 6.04 Å². The van der Waals surface area contributed by atoms with Gasteiger partial charge < -0.3 is 15.5 Å². The van der Waals surface area contributed by atoms with Gasteiger partial charge in [0, 0.05) is 23.1 Å². The Balaban J connectivity index is 1.96. The third-order valence-electron chi connectivity index (χ3n) is 3.60. The molecule has 3 nitrogen and oxygen atoms in total.